The molecule has 0 atom stereocenters. The highest BCUT2D eigenvalue weighted by Gasteiger charge is 2.16. The number of ether oxygens (including phenoxy) is 2. The van der Waals surface area contributed by atoms with Crippen molar-refractivity contribution in [3.05, 3.63) is 90.4 Å². The Morgan fingerprint density at radius 3 is 2.38 bits per heavy atom. The first kappa shape index (κ1) is 18.4. The topological polar surface area (TPSA) is 74.5 Å². The van der Waals surface area contributed by atoms with Crippen LogP contribution in [0.3, 0.4) is 0 Å². The first-order valence-electron chi connectivity index (χ1n) is 9.09. The van der Waals surface area contributed by atoms with E-state index < -0.39 is 5.97 Å². The van der Waals surface area contributed by atoms with Crippen LogP contribution < -0.4 is 9.47 Å². The predicted molar refractivity (Wildman–Crippen MR) is 107 cm³/mol. The summed E-state index contributed by atoms with van der Waals surface area (Å²) in [7, 11) is 0. The van der Waals surface area contributed by atoms with Gasteiger partial charge in [0.2, 0.25) is 11.8 Å². The average Bonchev–Trinajstić information content (AvgIpc) is 3.11. The minimum absolute atomic E-state index is 0.0222. The number of oxazole rings is 1. The fourth-order valence-electron chi connectivity index (χ4n) is 2.70. The van der Waals surface area contributed by atoms with Gasteiger partial charge >= 0.3 is 5.97 Å². The Morgan fingerprint density at radius 2 is 1.66 bits per heavy atom. The Kier molecular flexibility index (Phi) is 5.33. The number of aromatic nitrogens is 2. The van der Waals surface area contributed by atoms with E-state index in [1.54, 1.807) is 43.5 Å². The van der Waals surface area contributed by atoms with Gasteiger partial charge in [-0.05, 0) is 49.4 Å². The number of carbonyl (C=O) groups excluding carboxylic acids is 1. The van der Waals surface area contributed by atoms with E-state index in [9.17, 15) is 4.79 Å². The molecule has 0 amide bonds. The molecule has 0 fully saturated rings. The van der Waals surface area contributed by atoms with Gasteiger partial charge in [-0.3, -0.25) is 4.79 Å². The fraction of sp³-hybridized carbons (Fsp3) is 0.0870. The number of hydrogen-bond acceptors (Lipinski definition) is 6. The van der Waals surface area contributed by atoms with E-state index in [0.717, 1.165) is 5.56 Å². The number of pyridine rings is 1. The van der Waals surface area contributed by atoms with Crippen molar-refractivity contribution < 1.29 is 18.7 Å². The molecule has 4 aromatic rings. The molecule has 0 saturated heterocycles. The Hall–Kier alpha value is -3.93. The highest BCUT2D eigenvalue weighted by atomic mass is 16.5. The Morgan fingerprint density at radius 1 is 0.931 bits per heavy atom. The third kappa shape index (κ3) is 4.68. The van der Waals surface area contributed by atoms with E-state index in [2.05, 4.69) is 9.97 Å². The van der Waals surface area contributed by atoms with Gasteiger partial charge in [-0.25, -0.2) is 9.97 Å². The highest BCUT2D eigenvalue weighted by Crippen LogP contribution is 2.24. The lowest BCUT2D eigenvalue weighted by Gasteiger charge is -2.06. The van der Waals surface area contributed by atoms with Gasteiger partial charge in [0.1, 0.15) is 17.3 Å². The molecule has 6 heteroatoms. The molecule has 0 saturated carbocycles. The van der Waals surface area contributed by atoms with Gasteiger partial charge in [0.05, 0.1) is 12.1 Å². The van der Waals surface area contributed by atoms with Crippen LogP contribution in [-0.4, -0.2) is 15.9 Å². The van der Waals surface area contributed by atoms with Gasteiger partial charge in [-0.1, -0.05) is 24.3 Å². The molecule has 0 aliphatic rings. The average molecular weight is 386 g/mol. The van der Waals surface area contributed by atoms with Gasteiger partial charge in [0.25, 0.3) is 0 Å². The quantitative estimate of drug-likeness (QED) is 0.343. The molecule has 2 aromatic heterocycles. The lowest BCUT2D eigenvalue weighted by atomic mass is 10.2. The van der Waals surface area contributed by atoms with Gasteiger partial charge in [0, 0.05) is 17.8 Å². The molecule has 0 spiro atoms. The summed E-state index contributed by atoms with van der Waals surface area (Å²) >= 11 is 0. The minimum Gasteiger partial charge on any atom is -0.441 e. The molecule has 0 radical (unpaired) electrons. The van der Waals surface area contributed by atoms with Crippen molar-refractivity contribution in [2.45, 2.75) is 13.3 Å². The molecule has 0 bridgehead atoms. The van der Waals surface area contributed by atoms with Crippen LogP contribution in [0.2, 0.25) is 0 Å². The standard InChI is InChI=1S/C23H18N2O4/c1-16-20(25-23(27-16)17-7-3-2-4-8-17)15-22(26)29-19-12-10-18(11-13-19)28-21-9-5-6-14-24-21/h2-14H,15H2,1H3. The van der Waals surface area contributed by atoms with Crippen LogP contribution in [0.5, 0.6) is 17.4 Å². The molecule has 6 nitrogen and oxygen atoms in total. The van der Waals surface area contributed by atoms with E-state index in [0.29, 0.717) is 34.7 Å². The van der Waals surface area contributed by atoms with Crippen molar-refractivity contribution in [2.75, 3.05) is 0 Å². The molecule has 0 aliphatic carbocycles. The lowest BCUT2D eigenvalue weighted by Crippen LogP contribution is -2.12. The van der Waals surface area contributed by atoms with Crippen LogP contribution in [0.15, 0.2) is 83.4 Å². The summed E-state index contributed by atoms with van der Waals surface area (Å²) in [5, 5.41) is 0. The second-order valence-electron chi connectivity index (χ2n) is 6.28. The smallest absolute Gasteiger partial charge is 0.317 e. The second-order valence-corrected chi connectivity index (χ2v) is 6.28. The number of rotatable bonds is 6. The van der Waals surface area contributed by atoms with E-state index >= 15 is 0 Å². The maximum Gasteiger partial charge on any atom is 0.317 e. The minimum atomic E-state index is -0.417. The fourth-order valence-corrected chi connectivity index (χ4v) is 2.70. The molecule has 0 N–H and O–H groups in total. The number of hydrogen-bond donors (Lipinski definition) is 0. The Labute approximate surface area is 167 Å². The number of esters is 1. The summed E-state index contributed by atoms with van der Waals surface area (Å²) in [6.45, 7) is 1.78. The molecule has 144 valence electrons. The Bertz CT molecular complexity index is 1090. The van der Waals surface area contributed by atoms with Crippen molar-refractivity contribution in [1.29, 1.82) is 0 Å². The van der Waals surface area contributed by atoms with Gasteiger partial charge in [-0.2, -0.15) is 0 Å². The lowest BCUT2D eigenvalue weighted by molar-refractivity contribution is -0.133. The van der Waals surface area contributed by atoms with Crippen molar-refractivity contribution in [3.8, 4) is 28.8 Å². The second kappa shape index (κ2) is 8.39. The molecule has 0 unspecified atom stereocenters. The molecule has 4 rings (SSSR count). The van der Waals surface area contributed by atoms with Crippen LogP contribution in [0.25, 0.3) is 11.5 Å². The summed E-state index contributed by atoms with van der Waals surface area (Å²) in [5.74, 6) is 2.19. The SMILES string of the molecule is Cc1oc(-c2ccccc2)nc1CC(=O)Oc1ccc(Oc2ccccn2)cc1. The molecule has 2 heterocycles. The molecule has 29 heavy (non-hydrogen) atoms. The maximum absolute atomic E-state index is 12.3. The van der Waals surface area contributed by atoms with Crippen LogP contribution in [-0.2, 0) is 11.2 Å². The van der Waals surface area contributed by atoms with Crippen molar-refractivity contribution >= 4 is 5.97 Å². The monoisotopic (exact) mass is 386 g/mol. The largest absolute Gasteiger partial charge is 0.441 e. The molecular weight excluding hydrogens is 368 g/mol. The summed E-state index contributed by atoms with van der Waals surface area (Å²) in [6, 6.07) is 21.7. The summed E-state index contributed by atoms with van der Waals surface area (Å²) < 4.78 is 16.7. The van der Waals surface area contributed by atoms with Gasteiger partial charge in [-0.15, -0.1) is 0 Å². The summed E-state index contributed by atoms with van der Waals surface area (Å²) in [4.78, 5) is 20.8. The van der Waals surface area contributed by atoms with E-state index in [-0.39, 0.29) is 6.42 Å². The number of aryl methyl sites for hydroxylation is 1. The van der Waals surface area contributed by atoms with Crippen LogP contribution in [0.4, 0.5) is 0 Å². The van der Waals surface area contributed by atoms with Crippen LogP contribution in [0, 0.1) is 6.92 Å². The van der Waals surface area contributed by atoms with Crippen LogP contribution >= 0.6 is 0 Å². The normalized spacial score (nSPS) is 10.5. The van der Waals surface area contributed by atoms with Crippen molar-refractivity contribution in [2.24, 2.45) is 0 Å². The third-order valence-corrected chi connectivity index (χ3v) is 4.14. The number of benzene rings is 2. The highest BCUT2D eigenvalue weighted by molar-refractivity contribution is 5.75. The first-order valence-corrected chi connectivity index (χ1v) is 9.09. The number of nitrogens with zero attached hydrogens (tertiary/aromatic N) is 2. The maximum atomic E-state index is 12.3. The number of carbonyl (C=O) groups is 1. The Balaban J connectivity index is 1.38. The molecular formula is C23H18N2O4. The third-order valence-electron chi connectivity index (χ3n) is 4.14. The van der Waals surface area contributed by atoms with Crippen molar-refractivity contribution in [3.63, 3.8) is 0 Å². The zero-order valence-electron chi connectivity index (χ0n) is 15.7. The molecule has 2 aromatic carbocycles. The predicted octanol–water partition coefficient (Wildman–Crippen LogP) is 4.99. The van der Waals surface area contributed by atoms with E-state index in [4.69, 9.17) is 13.9 Å². The molecule has 0 aliphatic heterocycles. The summed E-state index contributed by atoms with van der Waals surface area (Å²) in [6.07, 6.45) is 1.68. The van der Waals surface area contributed by atoms with E-state index in [1.807, 2.05) is 42.5 Å². The van der Waals surface area contributed by atoms with E-state index in [1.165, 1.54) is 0 Å². The zero-order chi connectivity index (χ0) is 20.1. The van der Waals surface area contributed by atoms with Gasteiger partial charge in [0.15, 0.2) is 0 Å². The summed E-state index contributed by atoms with van der Waals surface area (Å²) in [5.41, 5.74) is 1.42. The zero-order valence-corrected chi connectivity index (χ0v) is 15.7. The van der Waals surface area contributed by atoms with Gasteiger partial charge < -0.3 is 13.9 Å². The van der Waals surface area contributed by atoms with Crippen LogP contribution in [0.1, 0.15) is 11.5 Å². The van der Waals surface area contributed by atoms with Crippen molar-refractivity contribution in [1.82, 2.24) is 9.97 Å². The first-order chi connectivity index (χ1) is 14.2.